The van der Waals surface area contributed by atoms with Crippen LogP contribution < -0.4 is 0 Å². The van der Waals surface area contributed by atoms with Crippen molar-refractivity contribution in [3.63, 3.8) is 0 Å². The van der Waals surface area contributed by atoms with E-state index in [9.17, 15) is 0 Å². The second kappa shape index (κ2) is 13.0. The molecule has 7 heteroatoms. The Morgan fingerprint density at radius 2 is 0.830 bits per heavy atom. The van der Waals surface area contributed by atoms with Crippen LogP contribution in [0.2, 0.25) is 0 Å². The first-order valence-corrected chi connectivity index (χ1v) is 18.1. The van der Waals surface area contributed by atoms with Crippen molar-refractivity contribution >= 4 is 44.4 Å². The van der Waals surface area contributed by atoms with Crippen molar-refractivity contribution in [2.24, 2.45) is 0 Å². The molecule has 6 nitrogen and oxygen atoms in total. The third-order valence-corrected chi connectivity index (χ3v) is 10.1. The molecule has 7 aromatic carbocycles. The molecule has 0 aliphatic rings. The molecule has 10 rings (SSSR count). The number of benzene rings is 7. The maximum absolute atomic E-state index is 5.16. The fraction of sp³-hybridized carbons (Fsp3) is 0. The van der Waals surface area contributed by atoms with Gasteiger partial charge in [-0.1, -0.05) is 133 Å². The molecule has 248 valence electrons. The van der Waals surface area contributed by atoms with Crippen molar-refractivity contribution in [1.82, 2.24) is 28.7 Å². The highest BCUT2D eigenvalue weighted by Crippen LogP contribution is 2.38. The lowest BCUT2D eigenvalue weighted by molar-refractivity contribution is 1.07. The molecule has 0 N–H and O–H groups in total. The van der Waals surface area contributed by atoms with Crippen LogP contribution in [-0.2, 0) is 0 Å². The van der Waals surface area contributed by atoms with Crippen LogP contribution in [0, 0.1) is 0 Å². The standard InChI is InChI=1S/C46H28N6S/c1-4-12-29(13-5-1)34-26-35(30-14-6-2-7-15-30)28-36(27-34)46-49-44(32-16-8-3-9-17-32)48-45(50-46)33-22-20-31(21-23-33)42-38-24-25-40-43(52-53-51-40)41(38)37-18-10-11-19-39(37)47-42/h1-28H. The van der Waals surface area contributed by atoms with E-state index in [0.717, 1.165) is 82.9 Å². The van der Waals surface area contributed by atoms with Crippen molar-refractivity contribution in [3.8, 4) is 67.7 Å². The van der Waals surface area contributed by atoms with E-state index in [1.165, 1.54) is 11.7 Å². The molecule has 53 heavy (non-hydrogen) atoms. The molecule has 0 amide bonds. The summed E-state index contributed by atoms with van der Waals surface area (Å²) in [6, 6.07) is 58.2. The summed E-state index contributed by atoms with van der Waals surface area (Å²) >= 11 is 1.24. The Morgan fingerprint density at radius 1 is 0.321 bits per heavy atom. The SMILES string of the molecule is c1ccc(-c2cc(-c3ccccc3)cc(-c3nc(-c4ccccc4)nc(-c4ccc(-c5nc6ccccc6c6c5ccc5nsnc56)cc4)n3)c2)cc1. The van der Waals surface area contributed by atoms with Gasteiger partial charge in [0.1, 0.15) is 11.0 Å². The molecule has 0 spiro atoms. The minimum Gasteiger partial charge on any atom is -0.247 e. The third-order valence-electron chi connectivity index (χ3n) is 9.58. The van der Waals surface area contributed by atoms with Crippen molar-refractivity contribution in [3.05, 3.63) is 170 Å². The van der Waals surface area contributed by atoms with Crippen LogP contribution in [0.25, 0.3) is 100 Å². The zero-order chi connectivity index (χ0) is 35.1. The summed E-state index contributed by atoms with van der Waals surface area (Å²) < 4.78 is 9.19. The summed E-state index contributed by atoms with van der Waals surface area (Å²) in [5.41, 5.74) is 11.8. The summed E-state index contributed by atoms with van der Waals surface area (Å²) in [6.07, 6.45) is 0. The Balaban J connectivity index is 1.13. The van der Waals surface area contributed by atoms with E-state index in [-0.39, 0.29) is 0 Å². The highest BCUT2D eigenvalue weighted by atomic mass is 32.1. The summed E-state index contributed by atoms with van der Waals surface area (Å²) in [6.45, 7) is 0. The van der Waals surface area contributed by atoms with Gasteiger partial charge in [-0.25, -0.2) is 19.9 Å². The molecule has 0 aliphatic carbocycles. The minimum atomic E-state index is 0.596. The first kappa shape index (κ1) is 30.8. The average molecular weight is 697 g/mol. The van der Waals surface area contributed by atoms with E-state index < -0.39 is 0 Å². The minimum absolute atomic E-state index is 0.596. The fourth-order valence-electron chi connectivity index (χ4n) is 6.98. The van der Waals surface area contributed by atoms with E-state index in [1.807, 2.05) is 60.7 Å². The summed E-state index contributed by atoms with van der Waals surface area (Å²) in [5, 5.41) is 3.18. The van der Waals surface area contributed by atoms with Gasteiger partial charge in [0.2, 0.25) is 0 Å². The van der Waals surface area contributed by atoms with Gasteiger partial charge in [0.05, 0.1) is 22.9 Å². The predicted octanol–water partition coefficient (Wildman–Crippen LogP) is 11.6. The van der Waals surface area contributed by atoms with Crippen LogP contribution in [0.1, 0.15) is 0 Å². The van der Waals surface area contributed by atoms with Crippen LogP contribution >= 0.6 is 11.7 Å². The Kier molecular flexibility index (Phi) is 7.55. The van der Waals surface area contributed by atoms with Gasteiger partial charge in [-0.15, -0.1) is 0 Å². The molecule has 3 aromatic heterocycles. The molecule has 0 fully saturated rings. The molecule has 3 heterocycles. The van der Waals surface area contributed by atoms with Gasteiger partial charge in [0.15, 0.2) is 17.5 Å². The van der Waals surface area contributed by atoms with E-state index in [2.05, 4.69) is 118 Å². The van der Waals surface area contributed by atoms with Gasteiger partial charge in [-0.3, -0.25) is 0 Å². The Labute approximate surface area is 309 Å². The predicted molar refractivity (Wildman–Crippen MR) is 216 cm³/mol. The number of nitrogens with zero attached hydrogens (tertiary/aromatic N) is 6. The zero-order valence-corrected chi connectivity index (χ0v) is 29.1. The van der Waals surface area contributed by atoms with Gasteiger partial charge < -0.3 is 0 Å². The van der Waals surface area contributed by atoms with Crippen LogP contribution in [0.4, 0.5) is 0 Å². The first-order valence-electron chi connectivity index (χ1n) is 17.4. The van der Waals surface area contributed by atoms with E-state index in [0.29, 0.717) is 17.5 Å². The summed E-state index contributed by atoms with van der Waals surface area (Å²) in [4.78, 5) is 20.4. The molecular weight excluding hydrogens is 669 g/mol. The second-order valence-electron chi connectivity index (χ2n) is 12.9. The van der Waals surface area contributed by atoms with Crippen LogP contribution in [0.3, 0.4) is 0 Å². The topological polar surface area (TPSA) is 77.3 Å². The largest absolute Gasteiger partial charge is 0.247 e. The number of para-hydroxylation sites is 1. The fourth-order valence-corrected chi connectivity index (χ4v) is 7.53. The highest BCUT2D eigenvalue weighted by molar-refractivity contribution is 7.00. The molecule has 0 bridgehead atoms. The third kappa shape index (κ3) is 5.69. The van der Waals surface area contributed by atoms with Gasteiger partial charge in [-0.05, 0) is 58.7 Å². The molecule has 0 unspecified atom stereocenters. The molecule has 0 radical (unpaired) electrons. The summed E-state index contributed by atoms with van der Waals surface area (Å²) in [5.74, 6) is 1.82. The monoisotopic (exact) mass is 696 g/mol. The number of rotatable bonds is 6. The number of fused-ring (bicyclic) bond motifs is 5. The first-order chi connectivity index (χ1) is 26.2. The summed E-state index contributed by atoms with van der Waals surface area (Å²) in [7, 11) is 0. The number of aromatic nitrogens is 6. The number of hydrogen-bond donors (Lipinski definition) is 0. The molecule has 0 atom stereocenters. The highest BCUT2D eigenvalue weighted by Gasteiger charge is 2.17. The lowest BCUT2D eigenvalue weighted by atomic mass is 9.96. The second-order valence-corrected chi connectivity index (χ2v) is 13.4. The quantitative estimate of drug-likeness (QED) is 0.161. The van der Waals surface area contributed by atoms with Gasteiger partial charge in [-0.2, -0.15) is 8.75 Å². The smallest absolute Gasteiger partial charge is 0.164 e. The van der Waals surface area contributed by atoms with Gasteiger partial charge in [0.25, 0.3) is 0 Å². The van der Waals surface area contributed by atoms with Crippen LogP contribution in [-0.4, -0.2) is 28.7 Å². The van der Waals surface area contributed by atoms with Crippen molar-refractivity contribution in [1.29, 1.82) is 0 Å². The van der Waals surface area contributed by atoms with E-state index >= 15 is 0 Å². The van der Waals surface area contributed by atoms with Crippen LogP contribution in [0.5, 0.6) is 0 Å². The van der Waals surface area contributed by atoms with Crippen LogP contribution in [0.15, 0.2) is 170 Å². The normalized spacial score (nSPS) is 11.4. The molecular formula is C46H28N6S. The van der Waals surface area contributed by atoms with E-state index in [4.69, 9.17) is 19.9 Å². The van der Waals surface area contributed by atoms with Crippen molar-refractivity contribution < 1.29 is 0 Å². The Bertz CT molecular complexity index is 2870. The maximum atomic E-state index is 5.16. The lowest BCUT2D eigenvalue weighted by Gasteiger charge is -2.13. The lowest BCUT2D eigenvalue weighted by Crippen LogP contribution is -2.00. The molecule has 10 aromatic rings. The zero-order valence-electron chi connectivity index (χ0n) is 28.3. The molecule has 0 saturated carbocycles. The Morgan fingerprint density at radius 3 is 1.47 bits per heavy atom. The van der Waals surface area contributed by atoms with E-state index in [1.54, 1.807) is 0 Å². The number of hydrogen-bond acceptors (Lipinski definition) is 7. The molecule has 0 saturated heterocycles. The maximum Gasteiger partial charge on any atom is 0.164 e. The molecule has 0 aliphatic heterocycles. The number of pyridine rings is 1. The Hall–Kier alpha value is -6.96. The van der Waals surface area contributed by atoms with Gasteiger partial charge in [0, 0.05) is 38.4 Å². The van der Waals surface area contributed by atoms with Gasteiger partial charge >= 0.3 is 0 Å². The van der Waals surface area contributed by atoms with Crippen molar-refractivity contribution in [2.45, 2.75) is 0 Å². The van der Waals surface area contributed by atoms with Crippen molar-refractivity contribution in [2.75, 3.05) is 0 Å². The average Bonchev–Trinajstić information content (AvgIpc) is 3.73.